The third kappa shape index (κ3) is 3.80. The average Bonchev–Trinajstić information content (AvgIpc) is 2.37. The van der Waals surface area contributed by atoms with Crippen LogP contribution in [0.25, 0.3) is 0 Å². The van der Waals surface area contributed by atoms with E-state index in [9.17, 15) is 5.11 Å². The molecule has 1 aliphatic heterocycles. The molecule has 94 valence electrons. The van der Waals surface area contributed by atoms with E-state index in [1.165, 1.54) is 5.56 Å². The molecule has 1 fully saturated rings. The zero-order chi connectivity index (χ0) is 12.1. The molecule has 1 aromatic carbocycles. The zero-order valence-corrected chi connectivity index (χ0v) is 10.5. The Hall–Kier alpha value is -0.900. The smallest absolute Gasteiger partial charge is 0.0802 e. The van der Waals surface area contributed by atoms with E-state index in [0.717, 1.165) is 44.7 Å². The van der Waals surface area contributed by atoms with E-state index in [2.05, 4.69) is 29.3 Å². The Morgan fingerprint density at radius 2 is 2.12 bits per heavy atom. The summed E-state index contributed by atoms with van der Waals surface area (Å²) in [5.74, 6) is 0. The van der Waals surface area contributed by atoms with Crippen LogP contribution < -0.4 is 5.32 Å². The highest BCUT2D eigenvalue weighted by Crippen LogP contribution is 2.18. The fourth-order valence-corrected chi connectivity index (χ4v) is 2.28. The number of rotatable bonds is 4. The quantitative estimate of drug-likeness (QED) is 0.825. The van der Waals surface area contributed by atoms with E-state index < -0.39 is 0 Å². The summed E-state index contributed by atoms with van der Waals surface area (Å²) in [5.41, 5.74) is 2.25. The number of hydrogen-bond acceptors (Lipinski definition) is 3. The van der Waals surface area contributed by atoms with E-state index in [1.54, 1.807) is 0 Å². The van der Waals surface area contributed by atoms with E-state index >= 15 is 0 Å². The third-order valence-corrected chi connectivity index (χ3v) is 3.36. The summed E-state index contributed by atoms with van der Waals surface area (Å²) < 4.78 is 0. The van der Waals surface area contributed by atoms with E-state index in [4.69, 9.17) is 0 Å². The molecule has 1 unspecified atom stereocenters. The minimum atomic E-state index is -0.329. The van der Waals surface area contributed by atoms with Crippen molar-refractivity contribution >= 4 is 0 Å². The Morgan fingerprint density at radius 3 is 2.82 bits per heavy atom. The van der Waals surface area contributed by atoms with Crippen molar-refractivity contribution in [3.8, 4) is 0 Å². The molecule has 0 saturated carbocycles. The Balaban J connectivity index is 1.82. The minimum Gasteiger partial charge on any atom is -0.388 e. The van der Waals surface area contributed by atoms with Crippen LogP contribution in [0.1, 0.15) is 23.7 Å². The summed E-state index contributed by atoms with van der Waals surface area (Å²) in [7, 11) is 0. The summed E-state index contributed by atoms with van der Waals surface area (Å²) in [6, 6.07) is 8.16. The summed E-state index contributed by atoms with van der Waals surface area (Å²) in [5, 5.41) is 13.5. The molecule has 0 radical (unpaired) electrons. The predicted octanol–water partition coefficient (Wildman–Crippen LogP) is 1.32. The molecule has 2 rings (SSSR count). The van der Waals surface area contributed by atoms with Gasteiger partial charge in [0.15, 0.2) is 0 Å². The van der Waals surface area contributed by atoms with Crippen LogP contribution in [0.2, 0.25) is 0 Å². The molecule has 3 nitrogen and oxygen atoms in total. The second-order valence-corrected chi connectivity index (χ2v) is 4.81. The Bertz CT molecular complexity index is 348. The normalized spacial score (nSPS) is 19.2. The Morgan fingerprint density at radius 1 is 1.35 bits per heavy atom. The van der Waals surface area contributed by atoms with Crippen molar-refractivity contribution in [2.45, 2.75) is 19.4 Å². The number of hydrogen-bond donors (Lipinski definition) is 2. The van der Waals surface area contributed by atoms with Crippen molar-refractivity contribution in [2.75, 3.05) is 32.7 Å². The lowest BCUT2D eigenvalue weighted by molar-refractivity contribution is 0.136. The third-order valence-electron chi connectivity index (χ3n) is 3.36. The molecule has 2 N–H and O–H groups in total. The average molecular weight is 234 g/mol. The lowest BCUT2D eigenvalue weighted by Crippen LogP contribution is -2.44. The standard InChI is InChI=1S/C14H22N2O/c1-12-3-2-4-13(11-12)14(17)5-8-16-9-6-15-7-10-16/h2-4,11,14-15,17H,5-10H2,1H3. The second-order valence-electron chi connectivity index (χ2n) is 4.81. The Kier molecular flexibility index (Phi) is 4.54. The molecule has 1 aromatic rings. The molecular weight excluding hydrogens is 212 g/mol. The maximum Gasteiger partial charge on any atom is 0.0802 e. The van der Waals surface area contributed by atoms with Crippen molar-refractivity contribution in [2.24, 2.45) is 0 Å². The minimum absolute atomic E-state index is 0.329. The molecule has 0 spiro atoms. The lowest BCUT2D eigenvalue weighted by atomic mass is 10.0. The first-order chi connectivity index (χ1) is 8.25. The van der Waals surface area contributed by atoms with Crippen molar-refractivity contribution in [3.63, 3.8) is 0 Å². The maximum atomic E-state index is 10.1. The van der Waals surface area contributed by atoms with Gasteiger partial charge >= 0.3 is 0 Å². The molecule has 1 aliphatic rings. The van der Waals surface area contributed by atoms with Gasteiger partial charge in [0.05, 0.1) is 6.10 Å². The van der Waals surface area contributed by atoms with E-state index in [-0.39, 0.29) is 6.10 Å². The highest BCUT2D eigenvalue weighted by atomic mass is 16.3. The fourth-order valence-electron chi connectivity index (χ4n) is 2.28. The van der Waals surface area contributed by atoms with Crippen LogP contribution in [0, 0.1) is 6.92 Å². The summed E-state index contributed by atoms with van der Waals surface area (Å²) in [4.78, 5) is 2.41. The van der Waals surface area contributed by atoms with Gasteiger partial charge in [-0.15, -0.1) is 0 Å². The Labute approximate surface area is 103 Å². The van der Waals surface area contributed by atoms with Crippen LogP contribution in [-0.4, -0.2) is 42.7 Å². The second kappa shape index (κ2) is 6.15. The molecule has 0 aromatic heterocycles. The lowest BCUT2D eigenvalue weighted by Gasteiger charge is -2.28. The monoisotopic (exact) mass is 234 g/mol. The molecule has 17 heavy (non-hydrogen) atoms. The molecule has 1 saturated heterocycles. The van der Waals surface area contributed by atoms with Gasteiger partial charge in [0, 0.05) is 32.7 Å². The van der Waals surface area contributed by atoms with Gasteiger partial charge in [-0.3, -0.25) is 0 Å². The van der Waals surface area contributed by atoms with Crippen LogP contribution in [-0.2, 0) is 0 Å². The van der Waals surface area contributed by atoms with Crippen LogP contribution in [0.3, 0.4) is 0 Å². The van der Waals surface area contributed by atoms with Crippen molar-refractivity contribution < 1.29 is 5.11 Å². The molecule has 0 amide bonds. The van der Waals surface area contributed by atoms with E-state index in [1.807, 2.05) is 12.1 Å². The number of nitrogens with zero attached hydrogens (tertiary/aromatic N) is 1. The highest BCUT2D eigenvalue weighted by Gasteiger charge is 2.13. The van der Waals surface area contributed by atoms with Crippen molar-refractivity contribution in [1.82, 2.24) is 10.2 Å². The van der Waals surface area contributed by atoms with Gasteiger partial charge in [-0.2, -0.15) is 0 Å². The summed E-state index contributed by atoms with van der Waals surface area (Å²) in [6.07, 6.45) is 0.494. The van der Waals surface area contributed by atoms with Gasteiger partial charge in [0.1, 0.15) is 0 Å². The number of aliphatic hydroxyl groups is 1. The van der Waals surface area contributed by atoms with Crippen molar-refractivity contribution in [3.05, 3.63) is 35.4 Å². The number of benzene rings is 1. The van der Waals surface area contributed by atoms with Gasteiger partial charge in [-0.1, -0.05) is 29.8 Å². The first-order valence-electron chi connectivity index (χ1n) is 6.43. The maximum absolute atomic E-state index is 10.1. The van der Waals surface area contributed by atoms with Crippen LogP contribution in [0.15, 0.2) is 24.3 Å². The molecule has 3 heteroatoms. The van der Waals surface area contributed by atoms with Gasteiger partial charge in [-0.05, 0) is 18.9 Å². The topological polar surface area (TPSA) is 35.5 Å². The predicted molar refractivity (Wildman–Crippen MR) is 70.1 cm³/mol. The first kappa shape index (κ1) is 12.6. The molecule has 1 heterocycles. The molecule has 0 bridgehead atoms. The van der Waals surface area contributed by atoms with Gasteiger partial charge < -0.3 is 15.3 Å². The van der Waals surface area contributed by atoms with Crippen LogP contribution >= 0.6 is 0 Å². The summed E-state index contributed by atoms with van der Waals surface area (Å²) in [6.45, 7) is 7.38. The molecule has 1 atom stereocenters. The van der Waals surface area contributed by atoms with Crippen molar-refractivity contribution in [1.29, 1.82) is 0 Å². The molecular formula is C14H22N2O. The highest BCUT2D eigenvalue weighted by molar-refractivity contribution is 5.23. The number of aryl methyl sites for hydroxylation is 1. The first-order valence-corrected chi connectivity index (χ1v) is 6.43. The van der Waals surface area contributed by atoms with Gasteiger partial charge in [0.25, 0.3) is 0 Å². The number of nitrogens with one attached hydrogen (secondary N) is 1. The summed E-state index contributed by atoms with van der Waals surface area (Å²) >= 11 is 0. The van der Waals surface area contributed by atoms with E-state index in [0.29, 0.717) is 0 Å². The van der Waals surface area contributed by atoms with Crippen LogP contribution in [0.5, 0.6) is 0 Å². The number of aliphatic hydroxyl groups excluding tert-OH is 1. The van der Waals surface area contributed by atoms with Crippen LogP contribution in [0.4, 0.5) is 0 Å². The van der Waals surface area contributed by atoms with Gasteiger partial charge in [-0.25, -0.2) is 0 Å². The SMILES string of the molecule is Cc1cccc(C(O)CCN2CCNCC2)c1. The number of piperazine rings is 1. The molecule has 0 aliphatic carbocycles. The fraction of sp³-hybridized carbons (Fsp3) is 0.571. The largest absolute Gasteiger partial charge is 0.388 e. The van der Waals surface area contributed by atoms with Gasteiger partial charge in [0.2, 0.25) is 0 Å². The zero-order valence-electron chi connectivity index (χ0n) is 10.5.